The number of hydrogen-bond donors (Lipinski definition) is 1. The van der Waals surface area contributed by atoms with Crippen LogP contribution in [0.3, 0.4) is 0 Å². The molecular weight excluding hydrogens is 360 g/mol. The van der Waals surface area contributed by atoms with Gasteiger partial charge in [0.05, 0.1) is 12.4 Å². The molecule has 0 radical (unpaired) electrons. The highest BCUT2D eigenvalue weighted by Gasteiger charge is 2.11. The largest absolute Gasteiger partial charge is 0.351 e. The van der Waals surface area contributed by atoms with Gasteiger partial charge in [-0.25, -0.2) is 9.97 Å². The number of carbonyl (C=O) groups excluding carboxylic acids is 1. The van der Waals surface area contributed by atoms with E-state index in [0.29, 0.717) is 11.6 Å². The van der Waals surface area contributed by atoms with Crippen LogP contribution in [0.5, 0.6) is 0 Å². The van der Waals surface area contributed by atoms with E-state index >= 15 is 0 Å². The summed E-state index contributed by atoms with van der Waals surface area (Å²) in [6.07, 6.45) is 3.14. The molecule has 3 rings (SSSR count). The molecule has 0 bridgehead atoms. The van der Waals surface area contributed by atoms with Crippen LogP contribution >= 0.6 is 11.6 Å². The van der Waals surface area contributed by atoms with Crippen LogP contribution in [0, 0.1) is 0 Å². The number of benzene rings is 2. The van der Waals surface area contributed by atoms with Gasteiger partial charge in [0, 0.05) is 24.7 Å². The highest BCUT2D eigenvalue weighted by molar-refractivity contribution is 6.31. The summed E-state index contributed by atoms with van der Waals surface area (Å²) < 4.78 is 0. The molecule has 138 valence electrons. The molecule has 0 saturated heterocycles. The Kier molecular flexibility index (Phi) is 6.39. The second kappa shape index (κ2) is 9.14. The van der Waals surface area contributed by atoms with E-state index in [1.807, 2.05) is 36.4 Å². The lowest BCUT2D eigenvalue weighted by Crippen LogP contribution is -2.26. The Morgan fingerprint density at radius 3 is 2.44 bits per heavy atom. The Hall–Kier alpha value is -2.92. The maximum Gasteiger partial charge on any atom is 0.271 e. The maximum absolute atomic E-state index is 12.3. The predicted molar refractivity (Wildman–Crippen MR) is 108 cm³/mol. The smallest absolute Gasteiger partial charge is 0.271 e. The number of aromatic nitrogens is 2. The minimum atomic E-state index is -0.278. The lowest BCUT2D eigenvalue weighted by Gasteiger charge is -2.21. The first-order chi connectivity index (χ1) is 13.2. The molecule has 0 aliphatic carbocycles. The van der Waals surface area contributed by atoms with Crippen LogP contribution in [0.4, 0.5) is 5.82 Å². The van der Waals surface area contributed by atoms with E-state index in [1.165, 1.54) is 11.8 Å². The van der Waals surface area contributed by atoms with Crippen molar-refractivity contribution in [2.24, 2.45) is 0 Å². The second-order valence-corrected chi connectivity index (χ2v) is 6.44. The zero-order valence-corrected chi connectivity index (χ0v) is 15.9. The molecule has 0 aliphatic rings. The Labute approximate surface area is 164 Å². The number of rotatable bonds is 7. The van der Waals surface area contributed by atoms with Crippen molar-refractivity contribution in [2.75, 3.05) is 11.4 Å². The van der Waals surface area contributed by atoms with Crippen molar-refractivity contribution in [1.82, 2.24) is 15.3 Å². The summed E-state index contributed by atoms with van der Waals surface area (Å²) in [7, 11) is 0. The van der Waals surface area contributed by atoms with Crippen molar-refractivity contribution in [2.45, 2.75) is 20.0 Å². The highest BCUT2D eigenvalue weighted by atomic mass is 35.5. The van der Waals surface area contributed by atoms with E-state index in [-0.39, 0.29) is 11.6 Å². The fourth-order valence-electron chi connectivity index (χ4n) is 2.67. The van der Waals surface area contributed by atoms with Crippen LogP contribution in [0.2, 0.25) is 5.02 Å². The standard InChI is InChI=1S/C21H21ClN4O/c1-2-26(15-16-8-4-3-5-9-16)20-14-23-19(13-24-20)21(27)25-12-17-10-6-7-11-18(17)22/h3-11,13-14H,2,12,15H2,1H3,(H,25,27). The van der Waals surface area contributed by atoms with Crippen LogP contribution in [-0.2, 0) is 13.1 Å². The molecule has 1 amide bonds. The first kappa shape index (κ1) is 18.9. The number of nitrogens with zero attached hydrogens (tertiary/aromatic N) is 3. The number of amides is 1. The van der Waals surface area contributed by atoms with Gasteiger partial charge in [0.2, 0.25) is 0 Å². The topological polar surface area (TPSA) is 58.1 Å². The van der Waals surface area contributed by atoms with Crippen LogP contribution < -0.4 is 10.2 Å². The van der Waals surface area contributed by atoms with Gasteiger partial charge in [0.15, 0.2) is 0 Å². The molecule has 6 heteroatoms. The molecule has 1 N–H and O–H groups in total. The molecule has 0 atom stereocenters. The molecule has 5 nitrogen and oxygen atoms in total. The molecule has 3 aromatic rings. The van der Waals surface area contributed by atoms with E-state index in [2.05, 4.69) is 39.2 Å². The van der Waals surface area contributed by atoms with Gasteiger partial charge in [-0.1, -0.05) is 60.1 Å². The van der Waals surface area contributed by atoms with Gasteiger partial charge in [0.25, 0.3) is 5.91 Å². The molecule has 0 saturated carbocycles. The third kappa shape index (κ3) is 5.05. The zero-order chi connectivity index (χ0) is 19.1. The molecule has 0 spiro atoms. The number of carbonyl (C=O) groups is 1. The summed E-state index contributed by atoms with van der Waals surface area (Å²) in [6, 6.07) is 17.6. The molecule has 1 aromatic heterocycles. The van der Waals surface area contributed by atoms with Crippen molar-refractivity contribution in [3.8, 4) is 0 Å². The van der Waals surface area contributed by atoms with Gasteiger partial charge in [-0.3, -0.25) is 4.79 Å². The van der Waals surface area contributed by atoms with Gasteiger partial charge >= 0.3 is 0 Å². The number of halogens is 1. The molecule has 0 aliphatic heterocycles. The van der Waals surface area contributed by atoms with Crippen molar-refractivity contribution in [3.05, 3.63) is 88.8 Å². The second-order valence-electron chi connectivity index (χ2n) is 6.03. The van der Waals surface area contributed by atoms with Crippen LogP contribution in [0.15, 0.2) is 67.0 Å². The van der Waals surface area contributed by atoms with E-state index in [9.17, 15) is 4.79 Å². The van der Waals surface area contributed by atoms with Crippen molar-refractivity contribution in [1.29, 1.82) is 0 Å². The summed E-state index contributed by atoms with van der Waals surface area (Å²) in [5, 5.41) is 3.44. The molecule has 1 heterocycles. The Balaban J connectivity index is 1.63. The zero-order valence-electron chi connectivity index (χ0n) is 15.1. The summed E-state index contributed by atoms with van der Waals surface area (Å²) >= 11 is 6.11. The summed E-state index contributed by atoms with van der Waals surface area (Å²) in [5.41, 5.74) is 2.33. The SMILES string of the molecule is CCN(Cc1ccccc1)c1cnc(C(=O)NCc2ccccc2Cl)cn1. The molecular formula is C21H21ClN4O. The van der Waals surface area contributed by atoms with Crippen LogP contribution in [0.1, 0.15) is 28.5 Å². The van der Waals surface area contributed by atoms with Crippen LogP contribution in [-0.4, -0.2) is 22.4 Å². The van der Waals surface area contributed by atoms with Crippen LogP contribution in [0.25, 0.3) is 0 Å². The van der Waals surface area contributed by atoms with Gasteiger partial charge < -0.3 is 10.2 Å². The first-order valence-corrected chi connectivity index (χ1v) is 9.17. The van der Waals surface area contributed by atoms with Crippen molar-refractivity contribution < 1.29 is 4.79 Å². The van der Waals surface area contributed by atoms with Crippen molar-refractivity contribution in [3.63, 3.8) is 0 Å². The summed E-state index contributed by atoms with van der Waals surface area (Å²) in [6.45, 7) is 3.94. The highest BCUT2D eigenvalue weighted by Crippen LogP contribution is 2.15. The monoisotopic (exact) mass is 380 g/mol. The Morgan fingerprint density at radius 1 is 1.04 bits per heavy atom. The Morgan fingerprint density at radius 2 is 1.78 bits per heavy atom. The third-order valence-corrected chi connectivity index (χ3v) is 4.56. The normalized spacial score (nSPS) is 10.4. The fourth-order valence-corrected chi connectivity index (χ4v) is 2.87. The fraction of sp³-hybridized carbons (Fsp3) is 0.190. The quantitative estimate of drug-likeness (QED) is 0.670. The number of hydrogen-bond acceptors (Lipinski definition) is 4. The first-order valence-electron chi connectivity index (χ1n) is 8.80. The van der Waals surface area contributed by atoms with Gasteiger partial charge in [-0.2, -0.15) is 0 Å². The van der Waals surface area contributed by atoms with Crippen molar-refractivity contribution >= 4 is 23.3 Å². The Bertz CT molecular complexity index is 884. The number of anilines is 1. The average Bonchev–Trinajstić information content (AvgIpc) is 2.72. The van der Waals surface area contributed by atoms with E-state index < -0.39 is 0 Å². The number of nitrogens with one attached hydrogen (secondary N) is 1. The summed E-state index contributed by atoms with van der Waals surface area (Å²) in [5.74, 6) is 0.462. The summed E-state index contributed by atoms with van der Waals surface area (Å²) in [4.78, 5) is 23.1. The molecule has 0 unspecified atom stereocenters. The third-order valence-electron chi connectivity index (χ3n) is 4.19. The van der Waals surface area contributed by atoms with Gasteiger partial charge in [0.1, 0.15) is 11.5 Å². The van der Waals surface area contributed by atoms with E-state index in [1.54, 1.807) is 12.3 Å². The van der Waals surface area contributed by atoms with E-state index in [0.717, 1.165) is 24.5 Å². The maximum atomic E-state index is 12.3. The minimum Gasteiger partial charge on any atom is -0.351 e. The van der Waals surface area contributed by atoms with Gasteiger partial charge in [-0.15, -0.1) is 0 Å². The predicted octanol–water partition coefficient (Wildman–Crippen LogP) is 4.09. The molecule has 27 heavy (non-hydrogen) atoms. The minimum absolute atomic E-state index is 0.278. The lowest BCUT2D eigenvalue weighted by atomic mass is 10.2. The molecule has 0 fully saturated rings. The van der Waals surface area contributed by atoms with Gasteiger partial charge in [-0.05, 0) is 24.1 Å². The van der Waals surface area contributed by atoms with E-state index in [4.69, 9.17) is 11.6 Å². The molecule has 2 aromatic carbocycles. The lowest BCUT2D eigenvalue weighted by molar-refractivity contribution is 0.0945. The average molecular weight is 381 g/mol.